The molecule has 2 aromatic rings. The van der Waals surface area contributed by atoms with Gasteiger partial charge in [-0.25, -0.2) is 0 Å². The fourth-order valence-electron chi connectivity index (χ4n) is 1.88. The first-order valence-electron chi connectivity index (χ1n) is 5.75. The Morgan fingerprint density at radius 2 is 2.11 bits per heavy atom. The van der Waals surface area contributed by atoms with Gasteiger partial charge < -0.3 is 5.32 Å². The molecule has 0 aliphatic rings. The molecule has 6 nitrogen and oxygen atoms in total. The van der Waals surface area contributed by atoms with Crippen LogP contribution in [-0.2, 0) is 20.6 Å². The zero-order valence-electron chi connectivity index (χ0n) is 11.1. The van der Waals surface area contributed by atoms with Crippen molar-refractivity contribution in [1.82, 2.24) is 24.9 Å². The largest absolute Gasteiger partial charge is 0.348 e. The third-order valence-electron chi connectivity index (χ3n) is 3.05. The van der Waals surface area contributed by atoms with Crippen molar-refractivity contribution < 1.29 is 4.79 Å². The normalized spacial score (nSPS) is 10.7. The van der Waals surface area contributed by atoms with Crippen LogP contribution in [0.2, 0.25) is 0 Å². The van der Waals surface area contributed by atoms with Gasteiger partial charge in [0.05, 0.1) is 17.5 Å². The first kappa shape index (κ1) is 12.3. The lowest BCUT2D eigenvalue weighted by Crippen LogP contribution is -2.23. The minimum atomic E-state index is -0.120. The number of rotatable bonds is 3. The highest BCUT2D eigenvalue weighted by Gasteiger charge is 2.12. The van der Waals surface area contributed by atoms with E-state index in [4.69, 9.17) is 0 Å². The molecule has 0 saturated carbocycles. The second-order valence-corrected chi connectivity index (χ2v) is 4.36. The van der Waals surface area contributed by atoms with Crippen molar-refractivity contribution in [3.05, 3.63) is 34.9 Å². The third-order valence-corrected chi connectivity index (χ3v) is 3.05. The Balaban J connectivity index is 2.06. The van der Waals surface area contributed by atoms with Gasteiger partial charge in [0, 0.05) is 38.1 Å². The fourth-order valence-corrected chi connectivity index (χ4v) is 1.88. The van der Waals surface area contributed by atoms with Crippen LogP contribution >= 0.6 is 0 Å². The van der Waals surface area contributed by atoms with Gasteiger partial charge in [-0.1, -0.05) is 0 Å². The summed E-state index contributed by atoms with van der Waals surface area (Å²) < 4.78 is 3.43. The minimum Gasteiger partial charge on any atom is -0.348 e. The molecule has 1 amide bonds. The van der Waals surface area contributed by atoms with Crippen LogP contribution in [0.4, 0.5) is 0 Å². The molecule has 2 aromatic heterocycles. The van der Waals surface area contributed by atoms with Crippen molar-refractivity contribution in [3.8, 4) is 0 Å². The van der Waals surface area contributed by atoms with Crippen molar-refractivity contribution >= 4 is 5.91 Å². The third kappa shape index (κ3) is 2.27. The van der Waals surface area contributed by atoms with E-state index in [1.165, 1.54) is 0 Å². The number of hydrogen-bond donors (Lipinski definition) is 1. The average molecular weight is 247 g/mol. The fraction of sp³-hybridized carbons (Fsp3) is 0.417. The molecule has 18 heavy (non-hydrogen) atoms. The van der Waals surface area contributed by atoms with Crippen molar-refractivity contribution in [2.75, 3.05) is 0 Å². The lowest BCUT2D eigenvalue weighted by Gasteiger charge is -2.04. The average Bonchev–Trinajstić information content (AvgIpc) is 2.83. The number of nitrogens with one attached hydrogen (secondary N) is 1. The number of hydrogen-bond acceptors (Lipinski definition) is 3. The maximum atomic E-state index is 11.9. The van der Waals surface area contributed by atoms with E-state index < -0.39 is 0 Å². The number of carbonyl (C=O) groups is 1. The van der Waals surface area contributed by atoms with Gasteiger partial charge in [-0.05, 0) is 13.8 Å². The van der Waals surface area contributed by atoms with Crippen LogP contribution in [0.3, 0.4) is 0 Å². The second kappa shape index (κ2) is 4.64. The van der Waals surface area contributed by atoms with E-state index in [0.717, 1.165) is 17.0 Å². The highest BCUT2D eigenvalue weighted by molar-refractivity contribution is 5.93. The van der Waals surface area contributed by atoms with Gasteiger partial charge in [-0.15, -0.1) is 0 Å². The first-order valence-corrected chi connectivity index (χ1v) is 5.75. The Labute approximate surface area is 106 Å². The van der Waals surface area contributed by atoms with E-state index in [2.05, 4.69) is 15.5 Å². The summed E-state index contributed by atoms with van der Waals surface area (Å²) in [6, 6.07) is 0. The van der Waals surface area contributed by atoms with Crippen LogP contribution in [0.15, 0.2) is 12.4 Å². The highest BCUT2D eigenvalue weighted by Crippen LogP contribution is 2.11. The number of aromatic nitrogens is 4. The van der Waals surface area contributed by atoms with E-state index in [1.807, 2.05) is 25.6 Å². The summed E-state index contributed by atoms with van der Waals surface area (Å²) in [4.78, 5) is 11.9. The molecule has 96 valence electrons. The molecule has 0 atom stereocenters. The monoisotopic (exact) mass is 247 g/mol. The number of carbonyl (C=O) groups excluding carboxylic acids is 1. The van der Waals surface area contributed by atoms with Gasteiger partial charge in [0.25, 0.3) is 5.91 Å². The van der Waals surface area contributed by atoms with Crippen LogP contribution in [0, 0.1) is 13.8 Å². The molecule has 0 saturated heterocycles. The van der Waals surface area contributed by atoms with Crippen molar-refractivity contribution in [2.24, 2.45) is 14.1 Å². The molecule has 0 fully saturated rings. The molecule has 0 spiro atoms. The summed E-state index contributed by atoms with van der Waals surface area (Å²) >= 11 is 0. The van der Waals surface area contributed by atoms with E-state index in [0.29, 0.717) is 12.1 Å². The topological polar surface area (TPSA) is 64.7 Å². The quantitative estimate of drug-likeness (QED) is 0.868. The van der Waals surface area contributed by atoms with Crippen LogP contribution in [0.5, 0.6) is 0 Å². The number of amides is 1. The van der Waals surface area contributed by atoms with E-state index in [-0.39, 0.29) is 5.91 Å². The molecule has 0 radical (unpaired) electrons. The molecular weight excluding hydrogens is 230 g/mol. The molecule has 2 heterocycles. The molecule has 0 bridgehead atoms. The molecule has 0 unspecified atom stereocenters. The summed E-state index contributed by atoms with van der Waals surface area (Å²) in [7, 11) is 3.68. The van der Waals surface area contributed by atoms with E-state index in [1.54, 1.807) is 24.1 Å². The standard InChI is InChI=1S/C12H17N5O/c1-8-11(9(2)17(4)15-8)6-13-12(18)10-5-14-16(3)7-10/h5,7H,6H2,1-4H3,(H,13,18). The SMILES string of the molecule is Cc1nn(C)c(C)c1CNC(=O)c1cnn(C)c1. The molecule has 1 N–H and O–H groups in total. The molecule has 6 heteroatoms. The Hall–Kier alpha value is -2.11. The first-order chi connectivity index (χ1) is 8.49. The van der Waals surface area contributed by atoms with E-state index >= 15 is 0 Å². The Morgan fingerprint density at radius 1 is 1.39 bits per heavy atom. The lowest BCUT2D eigenvalue weighted by molar-refractivity contribution is 0.0951. The Kier molecular flexibility index (Phi) is 3.18. The second-order valence-electron chi connectivity index (χ2n) is 4.36. The van der Waals surface area contributed by atoms with Gasteiger partial charge in [-0.3, -0.25) is 14.2 Å². The molecular formula is C12H17N5O. The van der Waals surface area contributed by atoms with Crippen molar-refractivity contribution in [2.45, 2.75) is 20.4 Å². The Bertz CT molecular complexity index is 581. The van der Waals surface area contributed by atoms with Crippen LogP contribution in [0.1, 0.15) is 27.3 Å². The van der Waals surface area contributed by atoms with Crippen molar-refractivity contribution in [3.63, 3.8) is 0 Å². The molecule has 0 aromatic carbocycles. The predicted octanol–water partition coefficient (Wildman–Crippen LogP) is 0.700. The van der Waals surface area contributed by atoms with Crippen LogP contribution in [0.25, 0.3) is 0 Å². The van der Waals surface area contributed by atoms with Gasteiger partial charge in [-0.2, -0.15) is 10.2 Å². The summed E-state index contributed by atoms with van der Waals surface area (Å²) in [6.45, 7) is 4.42. The Morgan fingerprint density at radius 3 is 2.61 bits per heavy atom. The zero-order valence-corrected chi connectivity index (χ0v) is 11.1. The molecule has 0 aliphatic carbocycles. The van der Waals surface area contributed by atoms with Crippen LogP contribution < -0.4 is 5.32 Å². The summed E-state index contributed by atoms with van der Waals surface area (Å²) in [5.41, 5.74) is 3.65. The number of aryl methyl sites for hydroxylation is 3. The minimum absolute atomic E-state index is 0.120. The van der Waals surface area contributed by atoms with Gasteiger partial charge in [0.15, 0.2) is 0 Å². The summed E-state index contributed by atoms with van der Waals surface area (Å²) in [5, 5.41) is 11.2. The van der Waals surface area contributed by atoms with E-state index in [9.17, 15) is 4.79 Å². The van der Waals surface area contributed by atoms with Crippen molar-refractivity contribution in [1.29, 1.82) is 0 Å². The molecule has 2 rings (SSSR count). The maximum absolute atomic E-state index is 11.9. The smallest absolute Gasteiger partial charge is 0.254 e. The van der Waals surface area contributed by atoms with Crippen LogP contribution in [-0.4, -0.2) is 25.5 Å². The maximum Gasteiger partial charge on any atom is 0.254 e. The summed E-state index contributed by atoms with van der Waals surface area (Å²) in [5.74, 6) is -0.120. The number of nitrogens with zero attached hydrogens (tertiary/aromatic N) is 4. The zero-order chi connectivity index (χ0) is 13.3. The van der Waals surface area contributed by atoms with Gasteiger partial charge >= 0.3 is 0 Å². The molecule has 0 aliphatic heterocycles. The van der Waals surface area contributed by atoms with Gasteiger partial charge in [0.1, 0.15) is 0 Å². The predicted molar refractivity (Wildman–Crippen MR) is 67.1 cm³/mol. The lowest BCUT2D eigenvalue weighted by atomic mass is 10.2. The highest BCUT2D eigenvalue weighted by atomic mass is 16.1. The summed E-state index contributed by atoms with van der Waals surface area (Å²) in [6.07, 6.45) is 3.25. The van der Waals surface area contributed by atoms with Gasteiger partial charge in [0.2, 0.25) is 0 Å².